The fourth-order valence-electron chi connectivity index (χ4n) is 2.30. The van der Waals surface area contributed by atoms with E-state index in [-0.39, 0.29) is 5.82 Å². The fourth-order valence-corrected chi connectivity index (χ4v) is 2.30. The quantitative estimate of drug-likeness (QED) is 0.380. The van der Waals surface area contributed by atoms with E-state index in [1.54, 1.807) is 12.1 Å². The van der Waals surface area contributed by atoms with Gasteiger partial charge in [0.2, 0.25) is 0 Å². The lowest BCUT2D eigenvalue weighted by molar-refractivity contribution is 0.545. The van der Waals surface area contributed by atoms with Crippen molar-refractivity contribution in [1.82, 2.24) is 10.9 Å². The molecule has 2 nitrogen and oxygen atoms in total. The molecule has 1 atom stereocenters. The summed E-state index contributed by atoms with van der Waals surface area (Å²) >= 11 is 0. The molecule has 3 heteroatoms. The molecule has 0 amide bonds. The number of allylic oxidation sites excluding steroid dienone is 1. The molecule has 0 saturated carbocycles. The molecular formula is C18H27FN2. The van der Waals surface area contributed by atoms with Gasteiger partial charge in [-0.25, -0.2) is 9.82 Å². The summed E-state index contributed by atoms with van der Waals surface area (Å²) in [6.45, 7) is 13.4. The van der Waals surface area contributed by atoms with Crippen LogP contribution in [0.3, 0.4) is 0 Å². The Kier molecular flexibility index (Phi) is 7.76. The summed E-state index contributed by atoms with van der Waals surface area (Å²) in [5.41, 5.74) is 9.29. The first kappa shape index (κ1) is 17.4. The topological polar surface area (TPSA) is 24.1 Å². The zero-order valence-corrected chi connectivity index (χ0v) is 13.2. The molecule has 2 N–H and O–H groups in total. The molecule has 1 unspecified atom stereocenters. The molecule has 0 saturated heterocycles. The molecule has 1 aromatic carbocycles. The lowest BCUT2D eigenvalue weighted by Gasteiger charge is -2.20. The summed E-state index contributed by atoms with van der Waals surface area (Å²) in [6.07, 6.45) is 3.62. The molecule has 1 aromatic rings. The van der Waals surface area contributed by atoms with Crippen LogP contribution in [-0.2, 0) is 6.42 Å². The van der Waals surface area contributed by atoms with E-state index in [1.807, 2.05) is 6.07 Å². The summed E-state index contributed by atoms with van der Waals surface area (Å²) in [4.78, 5) is 0. The normalized spacial score (nSPS) is 12.0. The fraction of sp³-hybridized carbons (Fsp3) is 0.444. The zero-order valence-electron chi connectivity index (χ0n) is 13.2. The van der Waals surface area contributed by atoms with E-state index in [0.29, 0.717) is 5.92 Å². The van der Waals surface area contributed by atoms with Crippen molar-refractivity contribution in [2.45, 2.75) is 39.5 Å². The van der Waals surface area contributed by atoms with Crippen LogP contribution in [0.25, 0.3) is 0 Å². The van der Waals surface area contributed by atoms with Crippen molar-refractivity contribution in [3.8, 4) is 0 Å². The van der Waals surface area contributed by atoms with E-state index < -0.39 is 0 Å². The lowest BCUT2D eigenvalue weighted by Crippen LogP contribution is -2.31. The van der Waals surface area contributed by atoms with E-state index >= 15 is 0 Å². The van der Waals surface area contributed by atoms with E-state index in [1.165, 1.54) is 6.07 Å². The third-order valence-electron chi connectivity index (χ3n) is 3.52. The maximum Gasteiger partial charge on any atom is 0.123 e. The molecule has 0 aliphatic carbocycles. The van der Waals surface area contributed by atoms with Crippen LogP contribution < -0.4 is 10.9 Å². The van der Waals surface area contributed by atoms with Crippen molar-refractivity contribution in [1.29, 1.82) is 0 Å². The smallest absolute Gasteiger partial charge is 0.123 e. The van der Waals surface area contributed by atoms with Crippen LogP contribution >= 0.6 is 0 Å². The highest BCUT2D eigenvalue weighted by Gasteiger charge is 2.13. The minimum atomic E-state index is -0.178. The summed E-state index contributed by atoms with van der Waals surface area (Å²) in [5.74, 6) is 0.166. The number of rotatable bonds is 10. The van der Waals surface area contributed by atoms with E-state index in [2.05, 4.69) is 37.9 Å². The molecule has 0 aliphatic heterocycles. The highest BCUT2D eigenvalue weighted by Crippen LogP contribution is 2.23. The Balaban J connectivity index is 2.51. The number of benzene rings is 1. The van der Waals surface area contributed by atoms with Crippen LogP contribution in [0.4, 0.5) is 4.39 Å². The molecule has 0 spiro atoms. The number of hydrogen-bond acceptors (Lipinski definition) is 2. The van der Waals surface area contributed by atoms with Gasteiger partial charge in [-0.1, -0.05) is 44.7 Å². The Bertz CT molecular complexity index is 468. The predicted octanol–water partition coefficient (Wildman–Crippen LogP) is 4.36. The van der Waals surface area contributed by atoms with Gasteiger partial charge in [0.25, 0.3) is 0 Å². The molecule has 0 bridgehead atoms. The Hall–Kier alpha value is -1.61. The van der Waals surface area contributed by atoms with Crippen molar-refractivity contribution in [3.05, 3.63) is 60.1 Å². The van der Waals surface area contributed by atoms with Crippen LogP contribution in [0.1, 0.15) is 38.7 Å². The van der Waals surface area contributed by atoms with Gasteiger partial charge < -0.3 is 5.43 Å². The van der Waals surface area contributed by atoms with Gasteiger partial charge in [0.15, 0.2) is 0 Å². The molecule has 0 heterocycles. The van der Waals surface area contributed by atoms with Gasteiger partial charge in [0, 0.05) is 18.7 Å². The number of halogens is 1. The molecular weight excluding hydrogens is 263 g/mol. The second-order valence-corrected chi connectivity index (χ2v) is 5.43. The van der Waals surface area contributed by atoms with Crippen LogP contribution in [0.2, 0.25) is 0 Å². The third kappa shape index (κ3) is 6.58. The maximum absolute atomic E-state index is 13.3. The Labute approximate surface area is 128 Å². The molecule has 116 valence electrons. The molecule has 0 radical (unpaired) electrons. The van der Waals surface area contributed by atoms with Crippen molar-refractivity contribution >= 4 is 0 Å². The monoisotopic (exact) mass is 290 g/mol. The zero-order chi connectivity index (χ0) is 15.7. The summed E-state index contributed by atoms with van der Waals surface area (Å²) < 4.78 is 13.3. The SMILES string of the molecule is C=C(CC(=C)C(CC)Cc1cccc(F)c1)NNCCC. The van der Waals surface area contributed by atoms with Gasteiger partial charge in [0.1, 0.15) is 5.82 Å². The first-order chi connectivity index (χ1) is 10.1. The Morgan fingerprint density at radius 1 is 1.29 bits per heavy atom. The summed E-state index contributed by atoms with van der Waals surface area (Å²) in [7, 11) is 0. The van der Waals surface area contributed by atoms with Gasteiger partial charge >= 0.3 is 0 Å². The lowest BCUT2D eigenvalue weighted by atomic mass is 9.88. The standard InChI is InChI=1S/C18H27FN2/c1-5-10-20-21-15(4)11-14(3)17(6-2)12-16-8-7-9-18(19)13-16/h7-9,13,17,20-21H,3-6,10-12H2,1-2H3. The number of nitrogens with one attached hydrogen (secondary N) is 2. The summed E-state index contributed by atoms with van der Waals surface area (Å²) in [5, 5.41) is 0. The highest BCUT2D eigenvalue weighted by atomic mass is 19.1. The third-order valence-corrected chi connectivity index (χ3v) is 3.52. The predicted molar refractivity (Wildman–Crippen MR) is 88.2 cm³/mol. The van der Waals surface area contributed by atoms with Crippen molar-refractivity contribution in [2.24, 2.45) is 5.92 Å². The average Bonchev–Trinajstić information content (AvgIpc) is 2.45. The van der Waals surface area contributed by atoms with E-state index in [4.69, 9.17) is 0 Å². The van der Waals surface area contributed by atoms with Crippen molar-refractivity contribution in [3.63, 3.8) is 0 Å². The van der Waals surface area contributed by atoms with Crippen LogP contribution in [-0.4, -0.2) is 6.54 Å². The van der Waals surface area contributed by atoms with Crippen molar-refractivity contribution in [2.75, 3.05) is 6.54 Å². The molecule has 0 fully saturated rings. The number of hydrogen-bond donors (Lipinski definition) is 2. The molecule has 21 heavy (non-hydrogen) atoms. The molecule has 1 rings (SSSR count). The molecule has 0 aromatic heterocycles. The number of hydrazine groups is 1. The maximum atomic E-state index is 13.3. The highest BCUT2D eigenvalue weighted by molar-refractivity contribution is 5.20. The minimum absolute atomic E-state index is 0.178. The van der Waals surface area contributed by atoms with E-state index in [0.717, 1.165) is 49.1 Å². The molecule has 0 aliphatic rings. The second-order valence-electron chi connectivity index (χ2n) is 5.43. The summed E-state index contributed by atoms with van der Waals surface area (Å²) in [6, 6.07) is 6.81. The second kappa shape index (κ2) is 9.35. The van der Waals surface area contributed by atoms with Gasteiger partial charge in [-0.3, -0.25) is 0 Å². The van der Waals surface area contributed by atoms with E-state index in [9.17, 15) is 4.39 Å². The largest absolute Gasteiger partial charge is 0.326 e. The Morgan fingerprint density at radius 2 is 2.05 bits per heavy atom. The first-order valence-electron chi connectivity index (χ1n) is 7.65. The van der Waals surface area contributed by atoms with Gasteiger partial charge in [-0.15, -0.1) is 0 Å². The van der Waals surface area contributed by atoms with Crippen LogP contribution in [0, 0.1) is 11.7 Å². The van der Waals surface area contributed by atoms with Crippen LogP contribution in [0.5, 0.6) is 0 Å². The average molecular weight is 290 g/mol. The first-order valence-corrected chi connectivity index (χ1v) is 7.65. The van der Waals surface area contributed by atoms with Gasteiger partial charge in [-0.05, 0) is 42.9 Å². The van der Waals surface area contributed by atoms with Crippen molar-refractivity contribution < 1.29 is 4.39 Å². The van der Waals surface area contributed by atoms with Gasteiger partial charge in [0.05, 0.1) is 0 Å². The minimum Gasteiger partial charge on any atom is -0.326 e. The van der Waals surface area contributed by atoms with Gasteiger partial charge in [-0.2, -0.15) is 0 Å². The Morgan fingerprint density at radius 3 is 2.67 bits per heavy atom. The van der Waals surface area contributed by atoms with Crippen LogP contribution in [0.15, 0.2) is 48.7 Å².